The molecule has 0 spiro atoms. The highest BCUT2D eigenvalue weighted by molar-refractivity contribution is 7.80. The van der Waals surface area contributed by atoms with Gasteiger partial charge < -0.3 is 10.4 Å². The summed E-state index contributed by atoms with van der Waals surface area (Å²) < 4.78 is 38.0. The Morgan fingerprint density at radius 2 is 2.00 bits per heavy atom. The van der Waals surface area contributed by atoms with Crippen molar-refractivity contribution in [2.45, 2.75) is 6.18 Å². The summed E-state index contributed by atoms with van der Waals surface area (Å²) in [6.45, 7) is 0. The maximum absolute atomic E-state index is 12.7. The molecule has 0 aliphatic carbocycles. The van der Waals surface area contributed by atoms with Crippen molar-refractivity contribution in [3.05, 3.63) is 63.7 Å². The van der Waals surface area contributed by atoms with Crippen LogP contribution in [-0.2, 0) is 6.18 Å². The molecule has 136 valence electrons. The lowest BCUT2D eigenvalue weighted by Crippen LogP contribution is -2.24. The molecule has 2 rings (SSSR count). The number of hydrazone groups is 1. The van der Waals surface area contributed by atoms with E-state index in [4.69, 9.17) is 12.2 Å². The Labute approximate surface area is 150 Å². The summed E-state index contributed by atoms with van der Waals surface area (Å²) in [6, 6.07) is 7.77. The number of anilines is 1. The lowest BCUT2D eigenvalue weighted by Gasteiger charge is -2.10. The van der Waals surface area contributed by atoms with E-state index in [2.05, 4.69) is 15.8 Å². The Hall–Kier alpha value is -3.21. The molecular formula is C15H11F3N4O3S. The average molecular weight is 384 g/mol. The van der Waals surface area contributed by atoms with E-state index in [1.165, 1.54) is 12.1 Å². The molecule has 0 radical (unpaired) electrons. The Balaban J connectivity index is 2.02. The molecule has 0 unspecified atom stereocenters. The van der Waals surface area contributed by atoms with E-state index in [9.17, 15) is 28.4 Å². The van der Waals surface area contributed by atoms with Crippen molar-refractivity contribution in [3.8, 4) is 5.75 Å². The standard InChI is InChI=1S/C15H11F3N4O3S/c16-15(17,18)10-2-1-3-11(7-10)20-14(26)21-19-8-9-6-12(22(24)25)4-5-13(9)23/h1-8,23H,(H2,20,21,26)/b19-8-. The largest absolute Gasteiger partial charge is 0.507 e. The third-order valence-electron chi connectivity index (χ3n) is 3.04. The van der Waals surface area contributed by atoms with E-state index < -0.39 is 16.7 Å². The van der Waals surface area contributed by atoms with Crippen LogP contribution < -0.4 is 10.7 Å². The average Bonchev–Trinajstić information content (AvgIpc) is 2.55. The maximum atomic E-state index is 12.7. The lowest BCUT2D eigenvalue weighted by atomic mass is 10.2. The van der Waals surface area contributed by atoms with Crippen LogP contribution in [-0.4, -0.2) is 21.4 Å². The summed E-state index contributed by atoms with van der Waals surface area (Å²) >= 11 is 4.90. The third-order valence-corrected chi connectivity index (χ3v) is 3.23. The highest BCUT2D eigenvalue weighted by atomic mass is 32.1. The molecule has 0 fully saturated rings. The number of rotatable bonds is 4. The first kappa shape index (κ1) is 19.1. The van der Waals surface area contributed by atoms with Crippen molar-refractivity contribution >= 4 is 34.9 Å². The number of nitro benzene ring substituents is 1. The van der Waals surface area contributed by atoms with Crippen LogP contribution in [0, 0.1) is 10.1 Å². The summed E-state index contributed by atoms with van der Waals surface area (Å²) in [4.78, 5) is 10.1. The Bertz CT molecular complexity index is 871. The van der Waals surface area contributed by atoms with Gasteiger partial charge in [0.1, 0.15) is 5.75 Å². The van der Waals surface area contributed by atoms with E-state index >= 15 is 0 Å². The molecule has 0 amide bonds. The van der Waals surface area contributed by atoms with Gasteiger partial charge in [0, 0.05) is 23.4 Å². The summed E-state index contributed by atoms with van der Waals surface area (Å²) in [7, 11) is 0. The first-order valence-corrected chi connectivity index (χ1v) is 7.32. The first-order chi connectivity index (χ1) is 12.2. The lowest BCUT2D eigenvalue weighted by molar-refractivity contribution is -0.384. The number of hydrogen-bond acceptors (Lipinski definition) is 5. The predicted octanol–water partition coefficient (Wildman–Crippen LogP) is 3.64. The van der Waals surface area contributed by atoms with Crippen molar-refractivity contribution in [2.24, 2.45) is 5.10 Å². The van der Waals surface area contributed by atoms with Crippen LogP contribution in [0.3, 0.4) is 0 Å². The molecule has 0 saturated heterocycles. The van der Waals surface area contributed by atoms with E-state index in [1.54, 1.807) is 0 Å². The monoisotopic (exact) mass is 384 g/mol. The summed E-state index contributed by atoms with van der Waals surface area (Å²) in [5, 5.41) is 26.4. The normalized spacial score (nSPS) is 11.3. The van der Waals surface area contributed by atoms with Crippen LogP contribution in [0.4, 0.5) is 24.5 Å². The number of aromatic hydroxyl groups is 1. The molecule has 2 aromatic rings. The Kier molecular flexibility index (Phi) is 5.72. The molecule has 0 saturated carbocycles. The predicted molar refractivity (Wildman–Crippen MR) is 93.2 cm³/mol. The highest BCUT2D eigenvalue weighted by Crippen LogP contribution is 2.30. The minimum Gasteiger partial charge on any atom is -0.507 e. The van der Waals surface area contributed by atoms with E-state index in [0.717, 1.165) is 36.5 Å². The second-order valence-electron chi connectivity index (χ2n) is 4.90. The SMILES string of the molecule is O=[N+]([O-])c1ccc(O)c(/C=N\NC(=S)Nc2cccc(C(F)(F)F)c2)c1. The van der Waals surface area contributed by atoms with Gasteiger partial charge in [-0.1, -0.05) is 6.07 Å². The first-order valence-electron chi connectivity index (χ1n) is 6.91. The number of hydrogen-bond donors (Lipinski definition) is 3. The zero-order valence-corrected chi connectivity index (χ0v) is 13.6. The quantitative estimate of drug-likeness (QED) is 0.322. The second-order valence-corrected chi connectivity index (χ2v) is 5.31. The molecule has 3 N–H and O–H groups in total. The van der Waals surface area contributed by atoms with Crippen molar-refractivity contribution in [1.82, 2.24) is 5.43 Å². The third kappa shape index (κ3) is 5.14. The number of nitrogens with one attached hydrogen (secondary N) is 2. The van der Waals surface area contributed by atoms with Gasteiger partial charge in [-0.05, 0) is 36.5 Å². The van der Waals surface area contributed by atoms with Gasteiger partial charge in [-0.2, -0.15) is 18.3 Å². The van der Waals surface area contributed by atoms with Gasteiger partial charge in [0.25, 0.3) is 5.69 Å². The topological polar surface area (TPSA) is 99.8 Å². The summed E-state index contributed by atoms with van der Waals surface area (Å²) in [5.74, 6) is -0.238. The molecule has 2 aromatic carbocycles. The zero-order chi connectivity index (χ0) is 19.3. The van der Waals surface area contributed by atoms with Crippen molar-refractivity contribution in [3.63, 3.8) is 0 Å². The molecular weight excluding hydrogens is 373 g/mol. The van der Waals surface area contributed by atoms with Crippen LogP contribution in [0.15, 0.2) is 47.6 Å². The van der Waals surface area contributed by atoms with Gasteiger partial charge in [-0.3, -0.25) is 15.5 Å². The fourth-order valence-corrected chi connectivity index (χ4v) is 2.02. The molecule has 11 heteroatoms. The van der Waals surface area contributed by atoms with E-state index in [1.807, 2.05) is 0 Å². The zero-order valence-electron chi connectivity index (χ0n) is 12.8. The molecule has 0 bridgehead atoms. The molecule has 0 aliphatic rings. The van der Waals surface area contributed by atoms with Gasteiger partial charge in [-0.25, -0.2) is 0 Å². The Morgan fingerprint density at radius 1 is 1.27 bits per heavy atom. The van der Waals surface area contributed by atoms with Crippen molar-refractivity contribution in [1.29, 1.82) is 0 Å². The molecule has 0 aliphatic heterocycles. The number of phenols is 1. The van der Waals surface area contributed by atoms with Crippen LogP contribution in [0.25, 0.3) is 0 Å². The molecule has 0 heterocycles. The van der Waals surface area contributed by atoms with Gasteiger partial charge in [-0.15, -0.1) is 0 Å². The second kappa shape index (κ2) is 7.78. The number of nitrogens with zero attached hydrogens (tertiary/aromatic N) is 2. The molecule has 26 heavy (non-hydrogen) atoms. The maximum Gasteiger partial charge on any atom is 0.416 e. The molecule has 7 nitrogen and oxygen atoms in total. The minimum atomic E-state index is -4.48. The van der Waals surface area contributed by atoms with Gasteiger partial charge >= 0.3 is 6.18 Å². The molecule has 0 atom stereocenters. The van der Waals surface area contributed by atoms with Crippen LogP contribution in [0.2, 0.25) is 0 Å². The van der Waals surface area contributed by atoms with Gasteiger partial charge in [0.15, 0.2) is 5.11 Å². The minimum absolute atomic E-state index is 0.0635. The van der Waals surface area contributed by atoms with Gasteiger partial charge in [0.05, 0.1) is 16.7 Å². The number of halogens is 3. The smallest absolute Gasteiger partial charge is 0.416 e. The van der Waals surface area contributed by atoms with E-state index in [-0.39, 0.29) is 27.8 Å². The number of phenolic OH excluding ortho intramolecular Hbond substituents is 1. The highest BCUT2D eigenvalue weighted by Gasteiger charge is 2.30. The van der Waals surface area contributed by atoms with Crippen LogP contribution >= 0.6 is 12.2 Å². The number of non-ortho nitro benzene ring substituents is 1. The van der Waals surface area contributed by atoms with Crippen LogP contribution in [0.5, 0.6) is 5.75 Å². The fourth-order valence-electron chi connectivity index (χ4n) is 1.85. The van der Waals surface area contributed by atoms with Crippen LogP contribution in [0.1, 0.15) is 11.1 Å². The number of alkyl halides is 3. The summed E-state index contributed by atoms with van der Waals surface area (Å²) in [6.07, 6.45) is -3.40. The van der Waals surface area contributed by atoms with E-state index in [0.29, 0.717) is 0 Å². The van der Waals surface area contributed by atoms with Crippen molar-refractivity contribution in [2.75, 3.05) is 5.32 Å². The number of nitro groups is 1. The number of benzene rings is 2. The number of thiocarbonyl (C=S) groups is 1. The Morgan fingerprint density at radius 3 is 2.65 bits per heavy atom. The summed E-state index contributed by atoms with van der Waals surface area (Å²) in [5.41, 5.74) is 1.43. The van der Waals surface area contributed by atoms with Gasteiger partial charge in [0.2, 0.25) is 0 Å². The fraction of sp³-hybridized carbons (Fsp3) is 0.0667. The molecule has 0 aromatic heterocycles. The van der Waals surface area contributed by atoms with Crippen molar-refractivity contribution < 1.29 is 23.2 Å².